The number of aliphatic hydroxyl groups excluding tert-OH is 2. The van der Waals surface area contributed by atoms with Gasteiger partial charge in [-0.3, -0.25) is 13.8 Å². The topological polar surface area (TPSA) is 132 Å². The quantitative estimate of drug-likeness (QED) is 0.0236. The molecule has 3 atom stereocenters. The maximum absolute atomic E-state index is 12.7. The van der Waals surface area contributed by atoms with E-state index >= 15 is 0 Å². The summed E-state index contributed by atoms with van der Waals surface area (Å²) in [6.45, 7) is 3.58. The van der Waals surface area contributed by atoms with Crippen LogP contribution in [0.4, 0.5) is 0 Å². The largest absolute Gasteiger partial charge is 0.472 e. The molecule has 0 saturated carbocycles. The van der Waals surface area contributed by atoms with E-state index in [0.29, 0.717) is 6.61 Å². The Labute approximate surface area is 421 Å². The van der Waals surface area contributed by atoms with Crippen LogP contribution in [0.2, 0.25) is 0 Å². The Morgan fingerprint density at radius 3 is 1.18 bits per heavy atom. The Bertz CT molecular complexity index is 1120. The Balaban J connectivity index is 3.96. The van der Waals surface area contributed by atoms with Crippen molar-refractivity contribution in [1.29, 1.82) is 0 Å². The summed E-state index contributed by atoms with van der Waals surface area (Å²) in [4.78, 5) is 22.8. The van der Waals surface area contributed by atoms with Gasteiger partial charge in [0.2, 0.25) is 0 Å². The normalized spacial score (nSPS) is 13.8. The van der Waals surface area contributed by atoms with Gasteiger partial charge in [0.25, 0.3) is 0 Å². The third-order valence-electron chi connectivity index (χ3n) is 13.1. The molecule has 10 heteroatoms. The number of phosphoric ester groups is 1. The van der Waals surface area contributed by atoms with E-state index in [2.05, 4.69) is 38.2 Å². The Kier molecular flexibility index (Phi) is 54.4. The number of carbonyl (C=O) groups is 1. The zero-order chi connectivity index (χ0) is 49.5. The van der Waals surface area contributed by atoms with Crippen LogP contribution < -0.4 is 0 Å². The smallest absolute Gasteiger partial charge is 0.457 e. The molecule has 0 aliphatic carbocycles. The van der Waals surface area contributed by atoms with Crippen molar-refractivity contribution < 1.29 is 43.0 Å². The lowest BCUT2D eigenvalue weighted by Crippen LogP contribution is -2.29. The number of allylic oxidation sites excluding steroid dienone is 4. The Morgan fingerprint density at radius 1 is 0.456 bits per heavy atom. The zero-order valence-corrected chi connectivity index (χ0v) is 45.7. The van der Waals surface area contributed by atoms with Crippen LogP contribution in [0.25, 0.3) is 0 Å². The highest BCUT2D eigenvalue weighted by atomic mass is 31.2. The summed E-state index contributed by atoms with van der Waals surface area (Å²) in [6, 6.07) is 0. The van der Waals surface area contributed by atoms with E-state index in [9.17, 15) is 19.4 Å². The molecular formula is C58H113O9P. The average molecular weight is 986 g/mol. The summed E-state index contributed by atoms with van der Waals surface area (Å²) in [7, 11) is -4.52. The first-order chi connectivity index (χ1) is 33.3. The fraction of sp³-hybridized carbons (Fsp3) is 0.914. The molecular weight excluding hydrogens is 872 g/mol. The summed E-state index contributed by atoms with van der Waals surface area (Å²) in [6.07, 6.45) is 63.0. The maximum Gasteiger partial charge on any atom is 0.472 e. The van der Waals surface area contributed by atoms with Crippen LogP contribution in [-0.4, -0.2) is 66.3 Å². The standard InChI is InChI=1S/C58H113O9P/c1-3-5-7-9-11-13-15-17-19-21-23-25-27-29-31-33-35-37-39-41-43-45-47-49-51-64-54-57(55-66-68(62,63)65-53-56(60)52-59)67-58(61)50-48-46-44-42-40-38-36-34-32-30-28-26-24-22-20-18-16-14-12-10-8-6-4-2/h15,17,21,23,56-57,59-60H,3-14,16,18-20,22,24-55H2,1-2H3,(H,62,63)/b17-15-,23-21-. The molecule has 0 aromatic rings. The SMILES string of the molecule is CCCCCCC/C=C\C/C=C\CCCCCCCCCCCCCCOCC(COP(=O)(O)OCC(O)CO)OC(=O)CCCCCCCCCCCCCCCCCCCCCCCCC. The van der Waals surface area contributed by atoms with Gasteiger partial charge >= 0.3 is 13.8 Å². The van der Waals surface area contributed by atoms with Crippen molar-refractivity contribution in [3.8, 4) is 0 Å². The monoisotopic (exact) mass is 985 g/mol. The fourth-order valence-corrected chi connectivity index (χ4v) is 9.47. The predicted molar refractivity (Wildman–Crippen MR) is 288 cm³/mol. The number of unbranched alkanes of at least 4 members (excludes halogenated alkanes) is 39. The molecule has 0 aromatic carbocycles. The number of aliphatic hydroxyl groups is 2. The van der Waals surface area contributed by atoms with Crippen molar-refractivity contribution in [3.05, 3.63) is 24.3 Å². The molecule has 0 spiro atoms. The van der Waals surface area contributed by atoms with E-state index in [1.807, 2.05) is 0 Å². The second-order valence-corrected chi connectivity index (χ2v) is 21.5. The van der Waals surface area contributed by atoms with Crippen molar-refractivity contribution in [2.75, 3.05) is 33.0 Å². The molecule has 0 fully saturated rings. The van der Waals surface area contributed by atoms with E-state index < -0.39 is 33.2 Å². The number of esters is 1. The van der Waals surface area contributed by atoms with Gasteiger partial charge in [0, 0.05) is 13.0 Å². The van der Waals surface area contributed by atoms with Gasteiger partial charge in [-0.25, -0.2) is 4.57 Å². The van der Waals surface area contributed by atoms with E-state index in [1.165, 1.54) is 231 Å². The first kappa shape index (κ1) is 66.9. The molecule has 68 heavy (non-hydrogen) atoms. The van der Waals surface area contributed by atoms with Crippen molar-refractivity contribution in [2.45, 2.75) is 309 Å². The van der Waals surface area contributed by atoms with E-state index in [-0.39, 0.29) is 25.6 Å². The number of ether oxygens (including phenoxy) is 2. The lowest BCUT2D eigenvalue weighted by atomic mass is 10.0. The molecule has 0 saturated heterocycles. The summed E-state index contributed by atoms with van der Waals surface area (Å²) in [5.74, 6) is -0.375. The molecule has 0 aromatic heterocycles. The van der Waals surface area contributed by atoms with Crippen LogP contribution in [0.5, 0.6) is 0 Å². The van der Waals surface area contributed by atoms with Crippen molar-refractivity contribution in [3.63, 3.8) is 0 Å². The second kappa shape index (κ2) is 55.3. The van der Waals surface area contributed by atoms with Crippen LogP contribution >= 0.6 is 7.82 Å². The molecule has 0 aliphatic heterocycles. The third kappa shape index (κ3) is 54.3. The molecule has 0 aliphatic rings. The van der Waals surface area contributed by atoms with E-state index in [0.717, 1.165) is 44.9 Å². The van der Waals surface area contributed by atoms with Crippen molar-refractivity contribution in [2.24, 2.45) is 0 Å². The number of phosphoric acid groups is 1. The Morgan fingerprint density at radius 2 is 0.794 bits per heavy atom. The van der Waals surface area contributed by atoms with Gasteiger partial charge in [0.05, 0.1) is 26.4 Å². The molecule has 3 unspecified atom stereocenters. The summed E-state index contributed by atoms with van der Waals surface area (Å²) in [5.41, 5.74) is 0. The van der Waals surface area contributed by atoms with Crippen LogP contribution in [-0.2, 0) is 27.9 Å². The molecule has 0 heterocycles. The molecule has 0 radical (unpaired) electrons. The molecule has 0 rings (SSSR count). The van der Waals surface area contributed by atoms with Crippen LogP contribution in [0.3, 0.4) is 0 Å². The highest BCUT2D eigenvalue weighted by molar-refractivity contribution is 7.47. The second-order valence-electron chi connectivity index (χ2n) is 20.0. The minimum absolute atomic E-state index is 0.0536. The minimum Gasteiger partial charge on any atom is -0.457 e. The Hall–Kier alpha value is -1.06. The van der Waals surface area contributed by atoms with Crippen molar-refractivity contribution in [1.82, 2.24) is 0 Å². The van der Waals surface area contributed by atoms with Crippen molar-refractivity contribution >= 4 is 13.8 Å². The van der Waals surface area contributed by atoms with Gasteiger partial charge in [0.15, 0.2) is 0 Å². The third-order valence-corrected chi connectivity index (χ3v) is 14.1. The van der Waals surface area contributed by atoms with Gasteiger partial charge in [-0.2, -0.15) is 0 Å². The van der Waals surface area contributed by atoms with Gasteiger partial charge in [0.1, 0.15) is 12.2 Å². The lowest BCUT2D eigenvalue weighted by Gasteiger charge is -2.20. The zero-order valence-electron chi connectivity index (χ0n) is 44.9. The van der Waals surface area contributed by atoms with Crippen LogP contribution in [0.1, 0.15) is 296 Å². The summed E-state index contributed by atoms with van der Waals surface area (Å²) < 4.78 is 33.7. The average Bonchev–Trinajstić information content (AvgIpc) is 3.33. The number of rotatable bonds is 57. The van der Waals surface area contributed by atoms with Gasteiger partial charge in [-0.15, -0.1) is 0 Å². The summed E-state index contributed by atoms with van der Waals surface area (Å²) in [5, 5.41) is 18.5. The van der Waals surface area contributed by atoms with E-state index in [1.54, 1.807) is 0 Å². The highest BCUT2D eigenvalue weighted by Crippen LogP contribution is 2.43. The number of hydrogen-bond acceptors (Lipinski definition) is 8. The van der Waals surface area contributed by atoms with E-state index in [4.69, 9.17) is 23.6 Å². The lowest BCUT2D eigenvalue weighted by molar-refractivity contribution is -0.154. The minimum atomic E-state index is -4.52. The molecule has 404 valence electrons. The summed E-state index contributed by atoms with van der Waals surface area (Å²) >= 11 is 0. The fourth-order valence-electron chi connectivity index (χ4n) is 8.68. The molecule has 0 amide bonds. The first-order valence-electron chi connectivity index (χ1n) is 29.3. The van der Waals surface area contributed by atoms with Crippen LogP contribution in [0.15, 0.2) is 24.3 Å². The first-order valence-corrected chi connectivity index (χ1v) is 30.8. The maximum atomic E-state index is 12.7. The highest BCUT2D eigenvalue weighted by Gasteiger charge is 2.26. The van der Waals surface area contributed by atoms with Gasteiger partial charge in [-0.05, 0) is 44.9 Å². The molecule has 9 nitrogen and oxygen atoms in total. The molecule has 3 N–H and O–H groups in total. The number of carbonyl (C=O) groups excluding carboxylic acids is 1. The molecule has 0 bridgehead atoms. The van der Waals surface area contributed by atoms with Crippen LogP contribution in [0, 0.1) is 0 Å². The predicted octanol–water partition coefficient (Wildman–Crippen LogP) is 17.7. The van der Waals surface area contributed by atoms with Gasteiger partial charge in [-0.1, -0.05) is 269 Å². The number of hydrogen-bond donors (Lipinski definition) is 3. The van der Waals surface area contributed by atoms with Gasteiger partial charge < -0.3 is 24.6 Å².